The van der Waals surface area contributed by atoms with E-state index in [4.69, 9.17) is 4.42 Å². The molecule has 1 aliphatic rings. The van der Waals surface area contributed by atoms with Crippen LogP contribution in [0.4, 0.5) is 0 Å². The van der Waals surface area contributed by atoms with Crippen molar-refractivity contribution in [2.45, 2.75) is 12.3 Å². The Morgan fingerprint density at radius 3 is 1.82 bits per heavy atom. The zero-order valence-corrected chi connectivity index (χ0v) is 30.2. The van der Waals surface area contributed by atoms with E-state index in [1.807, 2.05) is 0 Å². The highest BCUT2D eigenvalue weighted by atomic mass is 16.3. The maximum absolute atomic E-state index is 6.70. The normalized spacial score (nSPS) is 12.6. The summed E-state index contributed by atoms with van der Waals surface area (Å²) in [5, 5.41) is 4.80. The maximum Gasteiger partial charge on any atom is 0.143 e. The fourth-order valence-electron chi connectivity index (χ4n) is 9.22. The van der Waals surface area contributed by atoms with Gasteiger partial charge in [-0.2, -0.15) is 0 Å². The van der Waals surface area contributed by atoms with Gasteiger partial charge in [0.15, 0.2) is 0 Å². The lowest BCUT2D eigenvalue weighted by atomic mass is 9.78. The van der Waals surface area contributed by atoms with Crippen LogP contribution in [0.5, 0.6) is 0 Å². The molecule has 1 heterocycles. The Balaban J connectivity index is 1.14. The van der Waals surface area contributed by atoms with E-state index in [0.717, 1.165) is 33.9 Å². The number of rotatable bonds is 6. The minimum Gasteiger partial charge on any atom is -0.455 e. The van der Waals surface area contributed by atoms with Crippen LogP contribution in [0.3, 0.4) is 0 Å². The van der Waals surface area contributed by atoms with Crippen molar-refractivity contribution >= 4 is 32.7 Å². The summed E-state index contributed by atoms with van der Waals surface area (Å²) in [5.74, 6) is 0.0159. The first kappa shape index (κ1) is 31.6. The van der Waals surface area contributed by atoms with E-state index in [2.05, 4.69) is 200 Å². The Bertz CT molecular complexity index is 3040. The minimum atomic E-state index is 0.0159. The van der Waals surface area contributed by atoms with E-state index in [-0.39, 0.29) is 5.92 Å². The Labute approximate surface area is 320 Å². The third-order valence-electron chi connectivity index (χ3n) is 11.7. The van der Waals surface area contributed by atoms with Gasteiger partial charge in [0.25, 0.3) is 0 Å². The highest BCUT2D eigenvalue weighted by molar-refractivity contribution is 6.14. The van der Waals surface area contributed by atoms with Gasteiger partial charge in [-0.3, -0.25) is 0 Å². The predicted octanol–water partition coefficient (Wildman–Crippen LogP) is 14.5. The SMILES string of the molecule is c1ccc(-c2ccc(C(c3ccccc3-c3ccccc3)c3cccc4c3Cc3c-4cc4ccccc4c3-c3cccc4c3oc3ccccc34)cc2)cc1. The summed E-state index contributed by atoms with van der Waals surface area (Å²) in [6, 6.07) is 73.1. The second-order valence-corrected chi connectivity index (χ2v) is 14.7. The Kier molecular flexibility index (Phi) is 7.38. The van der Waals surface area contributed by atoms with E-state index in [0.29, 0.717) is 0 Å². The van der Waals surface area contributed by atoms with Gasteiger partial charge in [-0.25, -0.2) is 0 Å². The molecule has 1 heteroatoms. The molecule has 0 radical (unpaired) electrons. The van der Waals surface area contributed by atoms with E-state index in [1.165, 1.54) is 77.5 Å². The molecule has 0 bridgehead atoms. The molecular weight excluding hydrogens is 665 g/mol. The van der Waals surface area contributed by atoms with Crippen LogP contribution in [0, 0.1) is 0 Å². The zero-order chi connectivity index (χ0) is 36.3. The summed E-state index contributed by atoms with van der Waals surface area (Å²) in [6.45, 7) is 0. The molecule has 1 unspecified atom stereocenters. The summed E-state index contributed by atoms with van der Waals surface area (Å²) in [5.41, 5.74) is 18.6. The largest absolute Gasteiger partial charge is 0.455 e. The second kappa shape index (κ2) is 12.9. The average molecular weight is 701 g/mol. The van der Waals surface area contributed by atoms with E-state index in [1.54, 1.807) is 0 Å². The van der Waals surface area contributed by atoms with Crippen LogP contribution in [0.1, 0.15) is 33.7 Å². The van der Waals surface area contributed by atoms with Crippen LogP contribution in [0.25, 0.3) is 77.2 Å². The molecule has 10 aromatic rings. The third-order valence-corrected chi connectivity index (χ3v) is 11.7. The highest BCUT2D eigenvalue weighted by Gasteiger charge is 2.31. The predicted molar refractivity (Wildman–Crippen MR) is 230 cm³/mol. The Hall–Kier alpha value is -6.96. The number of furan rings is 1. The van der Waals surface area contributed by atoms with E-state index >= 15 is 0 Å². The molecule has 11 rings (SSSR count). The second-order valence-electron chi connectivity index (χ2n) is 14.7. The molecule has 0 aliphatic heterocycles. The van der Waals surface area contributed by atoms with Gasteiger partial charge in [0, 0.05) is 22.3 Å². The zero-order valence-electron chi connectivity index (χ0n) is 30.2. The molecule has 9 aromatic carbocycles. The van der Waals surface area contributed by atoms with Gasteiger partial charge < -0.3 is 4.42 Å². The number of hydrogen-bond donors (Lipinski definition) is 0. The van der Waals surface area contributed by atoms with Gasteiger partial charge in [0.05, 0.1) is 0 Å². The molecular formula is C54H36O. The van der Waals surface area contributed by atoms with Crippen LogP contribution in [-0.4, -0.2) is 0 Å². The van der Waals surface area contributed by atoms with E-state index < -0.39 is 0 Å². The van der Waals surface area contributed by atoms with Crippen molar-refractivity contribution < 1.29 is 4.42 Å². The summed E-state index contributed by atoms with van der Waals surface area (Å²) in [7, 11) is 0. The quantitative estimate of drug-likeness (QED) is 0.157. The van der Waals surface area contributed by atoms with Crippen molar-refractivity contribution in [3.05, 3.63) is 228 Å². The van der Waals surface area contributed by atoms with E-state index in [9.17, 15) is 0 Å². The van der Waals surface area contributed by atoms with Gasteiger partial charge in [0.2, 0.25) is 0 Å². The van der Waals surface area contributed by atoms with Gasteiger partial charge in [-0.1, -0.05) is 188 Å². The monoisotopic (exact) mass is 700 g/mol. The lowest BCUT2D eigenvalue weighted by Crippen LogP contribution is -2.08. The van der Waals surface area contributed by atoms with Gasteiger partial charge in [0.1, 0.15) is 11.2 Å². The van der Waals surface area contributed by atoms with Crippen LogP contribution >= 0.6 is 0 Å². The fraction of sp³-hybridized carbons (Fsp3) is 0.0370. The van der Waals surface area contributed by atoms with Crippen LogP contribution in [-0.2, 0) is 6.42 Å². The lowest BCUT2D eigenvalue weighted by molar-refractivity contribution is 0.670. The van der Waals surface area contributed by atoms with Crippen molar-refractivity contribution in [2.24, 2.45) is 0 Å². The molecule has 0 amide bonds. The molecule has 55 heavy (non-hydrogen) atoms. The molecule has 0 saturated heterocycles. The molecule has 1 atom stereocenters. The first-order valence-electron chi connectivity index (χ1n) is 19.2. The summed E-state index contributed by atoms with van der Waals surface area (Å²) in [4.78, 5) is 0. The maximum atomic E-state index is 6.70. The van der Waals surface area contributed by atoms with Crippen molar-refractivity contribution in [1.29, 1.82) is 0 Å². The van der Waals surface area contributed by atoms with Crippen molar-refractivity contribution in [1.82, 2.24) is 0 Å². The Morgan fingerprint density at radius 1 is 0.382 bits per heavy atom. The molecule has 0 saturated carbocycles. The molecule has 0 fully saturated rings. The smallest absolute Gasteiger partial charge is 0.143 e. The molecule has 0 spiro atoms. The number of hydrogen-bond acceptors (Lipinski definition) is 1. The average Bonchev–Trinajstić information content (AvgIpc) is 3.83. The summed E-state index contributed by atoms with van der Waals surface area (Å²) >= 11 is 0. The van der Waals surface area contributed by atoms with Gasteiger partial charge in [-0.05, 0) is 96.1 Å². The highest BCUT2D eigenvalue weighted by Crippen LogP contribution is 2.51. The van der Waals surface area contributed by atoms with Crippen LogP contribution in [0.15, 0.2) is 205 Å². The fourth-order valence-corrected chi connectivity index (χ4v) is 9.22. The Morgan fingerprint density at radius 2 is 0.982 bits per heavy atom. The summed E-state index contributed by atoms with van der Waals surface area (Å²) < 4.78 is 6.70. The van der Waals surface area contributed by atoms with Crippen molar-refractivity contribution in [3.8, 4) is 44.5 Å². The van der Waals surface area contributed by atoms with Crippen molar-refractivity contribution in [3.63, 3.8) is 0 Å². The summed E-state index contributed by atoms with van der Waals surface area (Å²) in [6.07, 6.45) is 0.837. The topological polar surface area (TPSA) is 13.1 Å². The number of benzene rings is 9. The van der Waals surface area contributed by atoms with Gasteiger partial charge in [-0.15, -0.1) is 0 Å². The van der Waals surface area contributed by atoms with Gasteiger partial charge >= 0.3 is 0 Å². The first-order chi connectivity index (χ1) is 27.3. The standard InChI is InChI=1S/C54H36O/c1-3-15-35(16-4-1)36-29-31-38(32-30-36)52(44-23-10-9-20-40(44)37-17-5-2-6-18-37)45-25-13-24-42-48-33-39-19-7-8-21-41(39)53(50(48)34-49(42)45)47-27-14-26-46-43-22-11-12-28-51(43)55-54(46)47/h1-33,52H,34H2. The molecule has 258 valence electrons. The number of para-hydroxylation sites is 2. The minimum absolute atomic E-state index is 0.0159. The molecule has 0 N–H and O–H groups in total. The third kappa shape index (κ3) is 5.16. The lowest BCUT2D eigenvalue weighted by Gasteiger charge is -2.25. The van der Waals surface area contributed by atoms with Crippen LogP contribution in [0.2, 0.25) is 0 Å². The molecule has 1 nitrogen and oxygen atoms in total. The van der Waals surface area contributed by atoms with Crippen LogP contribution < -0.4 is 0 Å². The first-order valence-corrected chi connectivity index (χ1v) is 19.2. The molecule has 1 aliphatic carbocycles. The number of fused-ring (bicyclic) bond motifs is 7. The molecule has 1 aromatic heterocycles. The van der Waals surface area contributed by atoms with Crippen molar-refractivity contribution in [2.75, 3.05) is 0 Å².